The third-order valence-electron chi connectivity index (χ3n) is 4.45. The van der Waals surface area contributed by atoms with Crippen molar-refractivity contribution in [3.8, 4) is 0 Å². The van der Waals surface area contributed by atoms with Crippen molar-refractivity contribution in [2.75, 3.05) is 0 Å². The zero-order valence-corrected chi connectivity index (χ0v) is 16.4. The molecule has 0 spiro atoms. The minimum Gasteiger partial charge on any atom is -0.346 e. The molecule has 1 atom stereocenters. The second kappa shape index (κ2) is 8.31. The molecule has 0 aliphatic carbocycles. The van der Waals surface area contributed by atoms with Gasteiger partial charge in [-0.25, -0.2) is 0 Å². The molecule has 2 aromatic rings. The number of fused-ring (bicyclic) bond motifs is 1. The van der Waals surface area contributed by atoms with Gasteiger partial charge in [-0.2, -0.15) is 8.78 Å². The first-order valence-electron chi connectivity index (χ1n) is 14.8. The lowest BCUT2D eigenvalue weighted by molar-refractivity contribution is -0.147. The Morgan fingerprint density at radius 1 is 1.31 bits per heavy atom. The van der Waals surface area contributed by atoms with Crippen molar-refractivity contribution < 1.29 is 44.4 Å². The third-order valence-corrected chi connectivity index (χ3v) is 4.63. The Morgan fingerprint density at radius 2 is 2.03 bits per heavy atom. The number of hydrogen-bond acceptors (Lipinski definition) is 4. The fourth-order valence-corrected chi connectivity index (χ4v) is 2.98. The number of amides is 4. The first-order chi connectivity index (χ1) is 20.0. The van der Waals surface area contributed by atoms with Crippen LogP contribution in [0.2, 0.25) is 6.43 Å². The molecule has 166 valence electrons. The van der Waals surface area contributed by atoms with Gasteiger partial charge in [0.05, 0.1) is 15.1 Å². The number of nitrogens with zero attached hydrogens (tertiary/aromatic N) is 1. The van der Waals surface area contributed by atoms with Crippen molar-refractivity contribution in [3.05, 3.63) is 69.6 Å². The average molecular weight is 474 g/mol. The molecular formula is C22H18ClF2N3O4. The van der Waals surface area contributed by atoms with Crippen LogP contribution < -0.4 is 10.6 Å². The van der Waals surface area contributed by atoms with Crippen molar-refractivity contribution in [2.24, 2.45) is 0 Å². The second-order valence-electron chi connectivity index (χ2n) is 6.55. The maximum Gasteiger partial charge on any atom is 0.349 e. The Morgan fingerprint density at radius 3 is 2.72 bits per heavy atom. The minimum atomic E-state index is -5.13. The molecule has 4 rings (SSSR count). The standard InChI is InChI=1S/C22H18ClF2N3O4/c23-15-4-2-14(3-5-15)22(24,25)21(32)26-10-12-1-6-16-13(9-12)11-28(20(16)31)17-7-8-18(29)27-19(17)30/h1-6,9,17H,7-8,10-11H2,(H,26,32)(H,27,29,30)/i1D,2D,3D,4D,5D,6D,9D,10D2,11D2/hD. The number of halogens is 3. The van der Waals surface area contributed by atoms with Crippen molar-refractivity contribution in [2.45, 2.75) is 37.8 Å². The lowest BCUT2D eigenvalue weighted by Crippen LogP contribution is -2.52. The van der Waals surface area contributed by atoms with Gasteiger partial charge in [-0.05, 0) is 35.7 Å². The van der Waals surface area contributed by atoms with E-state index in [0.717, 1.165) is 0 Å². The van der Waals surface area contributed by atoms with Crippen LogP contribution in [0.1, 0.15) is 55.0 Å². The Hall–Kier alpha value is -3.33. The van der Waals surface area contributed by atoms with Crippen LogP contribution in [0.3, 0.4) is 0 Å². The van der Waals surface area contributed by atoms with Crippen LogP contribution >= 0.6 is 11.6 Å². The summed E-state index contributed by atoms with van der Waals surface area (Å²) in [6, 6.07) is -10.9. The monoisotopic (exact) mass is 473 g/mol. The predicted molar refractivity (Wildman–Crippen MR) is 110 cm³/mol. The molecule has 2 aromatic carbocycles. The molecule has 0 bridgehead atoms. The summed E-state index contributed by atoms with van der Waals surface area (Å²) < 4.78 is 128. The average Bonchev–Trinajstić information content (AvgIpc) is 3.13. The number of carbonyl (C=O) groups excluding carboxylic acids is 4. The number of nitrogens with one attached hydrogen (secondary N) is 2. The van der Waals surface area contributed by atoms with Gasteiger partial charge in [0, 0.05) is 35.6 Å². The number of piperidine rings is 1. The van der Waals surface area contributed by atoms with E-state index in [9.17, 15) is 19.2 Å². The van der Waals surface area contributed by atoms with Crippen LogP contribution in [0.15, 0.2) is 42.3 Å². The van der Waals surface area contributed by atoms with Gasteiger partial charge in [0.15, 0.2) is 1.41 Å². The molecule has 2 heterocycles. The number of benzene rings is 2. The summed E-state index contributed by atoms with van der Waals surface area (Å²) in [4.78, 5) is 50.5. The summed E-state index contributed by atoms with van der Waals surface area (Å²) in [5.74, 6) is -11.1. The van der Waals surface area contributed by atoms with Crippen LogP contribution in [-0.2, 0) is 33.3 Å². The number of rotatable bonds is 5. The topological polar surface area (TPSA) is 95.6 Å². The summed E-state index contributed by atoms with van der Waals surface area (Å²) in [6.45, 7) is -7.11. The van der Waals surface area contributed by atoms with Gasteiger partial charge in [0.25, 0.3) is 11.8 Å². The molecule has 0 saturated carbocycles. The highest BCUT2D eigenvalue weighted by Crippen LogP contribution is 2.30. The molecule has 0 aromatic heterocycles. The van der Waals surface area contributed by atoms with Gasteiger partial charge in [-0.1, -0.05) is 35.8 Å². The summed E-state index contributed by atoms with van der Waals surface area (Å²) >= 11 is 5.60. The summed E-state index contributed by atoms with van der Waals surface area (Å²) in [7, 11) is 0. The van der Waals surface area contributed by atoms with E-state index in [1.165, 1.54) is 0 Å². The van der Waals surface area contributed by atoms with E-state index in [-0.39, 0.29) is 12.8 Å². The highest BCUT2D eigenvalue weighted by molar-refractivity contribution is 6.30. The minimum absolute atomic E-state index is 0.301. The number of carbonyl (C=O) groups is 4. The fourth-order valence-electron chi connectivity index (χ4n) is 2.88. The van der Waals surface area contributed by atoms with E-state index in [1.54, 1.807) is 0 Å². The van der Waals surface area contributed by atoms with Crippen LogP contribution in [0.25, 0.3) is 0 Å². The van der Waals surface area contributed by atoms with E-state index < -0.39 is 123 Å². The predicted octanol–water partition coefficient (Wildman–Crippen LogP) is 2.51. The van der Waals surface area contributed by atoms with Crippen LogP contribution in [0, 0.1) is 0 Å². The van der Waals surface area contributed by atoms with Gasteiger partial charge in [-0.3, -0.25) is 24.5 Å². The molecule has 7 nitrogen and oxygen atoms in total. The number of alkyl halides is 2. The normalized spacial score (nSPS) is 25.8. The van der Waals surface area contributed by atoms with Crippen molar-refractivity contribution >= 4 is 35.2 Å². The quantitative estimate of drug-likeness (QED) is 0.652. The third kappa shape index (κ3) is 4.08. The molecule has 2 aliphatic rings. The zero-order chi connectivity index (χ0) is 33.6. The maximum absolute atomic E-state index is 15.4. The molecule has 0 radical (unpaired) electrons. The highest BCUT2D eigenvalue weighted by Gasteiger charge is 2.41. The Balaban J connectivity index is 1.85. The van der Waals surface area contributed by atoms with Crippen LogP contribution in [0.5, 0.6) is 0 Å². The van der Waals surface area contributed by atoms with Crippen molar-refractivity contribution in [1.29, 1.82) is 0 Å². The molecule has 2 aliphatic heterocycles. The smallest absolute Gasteiger partial charge is 0.346 e. The lowest BCUT2D eigenvalue weighted by atomic mass is 10.0. The van der Waals surface area contributed by atoms with E-state index in [0.29, 0.717) is 4.90 Å². The first kappa shape index (κ1) is 11.5. The second-order valence-corrected chi connectivity index (χ2v) is 6.92. The van der Waals surface area contributed by atoms with Gasteiger partial charge in [0.1, 0.15) is 6.04 Å². The van der Waals surface area contributed by atoms with E-state index in [4.69, 9.17) is 28.1 Å². The van der Waals surface area contributed by atoms with Gasteiger partial charge in [-0.15, -0.1) is 0 Å². The molecule has 1 saturated heterocycles. The molecule has 1 unspecified atom stereocenters. The first-order valence-corrected chi connectivity index (χ1v) is 9.21. The van der Waals surface area contributed by atoms with Crippen LogP contribution in [-0.4, -0.2) is 34.6 Å². The largest absolute Gasteiger partial charge is 0.349 e. The van der Waals surface area contributed by atoms with Crippen molar-refractivity contribution in [3.63, 3.8) is 0 Å². The summed E-state index contributed by atoms with van der Waals surface area (Å²) in [6.07, 6.45) is -0.677. The lowest BCUT2D eigenvalue weighted by Gasteiger charge is -2.29. The molecule has 1 fully saturated rings. The van der Waals surface area contributed by atoms with Gasteiger partial charge in [0.2, 0.25) is 11.8 Å². The molecule has 32 heavy (non-hydrogen) atoms. The fraction of sp³-hybridized carbons (Fsp3) is 0.273. The Kier molecular flexibility index (Phi) is 2.99. The number of imide groups is 1. The van der Waals surface area contributed by atoms with E-state index >= 15 is 8.78 Å². The molecule has 4 amide bonds. The van der Waals surface area contributed by atoms with Crippen LogP contribution in [0.4, 0.5) is 8.78 Å². The van der Waals surface area contributed by atoms with E-state index in [2.05, 4.69) is 0 Å². The molecule has 2 N–H and O–H groups in total. The van der Waals surface area contributed by atoms with E-state index in [1.807, 2.05) is 5.32 Å². The Labute approximate surface area is 203 Å². The molecular weight excluding hydrogens is 444 g/mol. The SMILES string of the molecule is [2H]c1c([2H])c(C(F)(F)C(=O)N([2H])C([2H])([2H])c2c([2H])c([2H])c3c(c2[2H])C([2H])([2H])N(C2CCC(=O)NC2=O)C3=O)c([2H])c([2H])c1Cl. The Bertz CT molecular complexity index is 1660. The summed E-state index contributed by atoms with van der Waals surface area (Å²) in [5, 5.41) is -0.00851. The highest BCUT2D eigenvalue weighted by atomic mass is 35.5. The van der Waals surface area contributed by atoms with Crippen molar-refractivity contribution in [1.82, 2.24) is 15.5 Å². The van der Waals surface area contributed by atoms with Gasteiger partial charge < -0.3 is 10.2 Å². The number of hydrogen-bond donors (Lipinski definition) is 2. The summed E-state index contributed by atoms with van der Waals surface area (Å²) in [5.41, 5.74) is -5.31. The maximum atomic E-state index is 15.4. The zero-order valence-electron chi connectivity index (χ0n) is 27.7. The van der Waals surface area contributed by atoms with Gasteiger partial charge >= 0.3 is 5.92 Å². The molecule has 10 heteroatoms.